The third-order valence-electron chi connectivity index (χ3n) is 4.76. The third kappa shape index (κ3) is 2.83. The monoisotopic (exact) mass is 293 g/mol. The summed E-state index contributed by atoms with van der Waals surface area (Å²) in [5, 5.41) is 29.5. The van der Waals surface area contributed by atoms with E-state index in [0.29, 0.717) is 24.9 Å². The normalized spacial score (nSPS) is 24.7. The summed E-state index contributed by atoms with van der Waals surface area (Å²) in [6, 6.07) is 4.45. The Morgan fingerprint density at radius 3 is 2.52 bits per heavy atom. The largest absolute Gasteiger partial charge is 0.507 e. The number of carboxylic acid groups (broad SMARTS) is 1. The minimum absolute atomic E-state index is 0.0468. The first-order valence-electron chi connectivity index (χ1n) is 7.39. The standard InChI is InChI=1S/C16H23NO4/c1-3-16(15(20)21)8-5-9-17(10-16)11(2)14-12(18)6-4-7-13(14)19/h4,6-7,11,18-19H,3,5,8-10H2,1-2H3,(H,20,21). The molecule has 5 nitrogen and oxygen atoms in total. The Morgan fingerprint density at radius 1 is 1.38 bits per heavy atom. The molecule has 1 aliphatic rings. The van der Waals surface area contributed by atoms with E-state index in [1.165, 1.54) is 0 Å². The maximum Gasteiger partial charge on any atom is 0.310 e. The van der Waals surface area contributed by atoms with Gasteiger partial charge in [0.25, 0.3) is 0 Å². The number of likely N-dealkylation sites (tertiary alicyclic amines) is 1. The Balaban J connectivity index is 2.27. The molecule has 0 bridgehead atoms. The predicted octanol–water partition coefficient (Wildman–Crippen LogP) is 2.74. The number of benzene rings is 1. The van der Waals surface area contributed by atoms with Crippen LogP contribution in [0.5, 0.6) is 11.5 Å². The predicted molar refractivity (Wildman–Crippen MR) is 79.4 cm³/mol. The van der Waals surface area contributed by atoms with Gasteiger partial charge in [0.1, 0.15) is 11.5 Å². The quantitative estimate of drug-likeness (QED) is 0.795. The average molecular weight is 293 g/mol. The highest BCUT2D eigenvalue weighted by Gasteiger charge is 2.42. The van der Waals surface area contributed by atoms with E-state index in [1.54, 1.807) is 18.2 Å². The Kier molecular flexibility index (Phi) is 4.42. The Morgan fingerprint density at radius 2 is 2.00 bits per heavy atom. The maximum absolute atomic E-state index is 11.6. The first-order chi connectivity index (χ1) is 9.91. The fraction of sp³-hybridized carbons (Fsp3) is 0.562. The van der Waals surface area contributed by atoms with Gasteiger partial charge in [-0.2, -0.15) is 0 Å². The summed E-state index contributed by atoms with van der Waals surface area (Å²) >= 11 is 0. The lowest BCUT2D eigenvalue weighted by atomic mass is 9.77. The van der Waals surface area contributed by atoms with Gasteiger partial charge in [-0.1, -0.05) is 13.0 Å². The second-order valence-corrected chi connectivity index (χ2v) is 5.90. The summed E-state index contributed by atoms with van der Waals surface area (Å²) in [6.07, 6.45) is 2.06. The minimum atomic E-state index is -0.761. The topological polar surface area (TPSA) is 81.0 Å². The first kappa shape index (κ1) is 15.6. The molecule has 0 saturated carbocycles. The van der Waals surface area contributed by atoms with Crippen LogP contribution in [0.1, 0.15) is 44.7 Å². The van der Waals surface area contributed by atoms with E-state index in [2.05, 4.69) is 0 Å². The van der Waals surface area contributed by atoms with Crippen molar-refractivity contribution in [3.05, 3.63) is 23.8 Å². The molecule has 3 N–H and O–H groups in total. The van der Waals surface area contributed by atoms with Gasteiger partial charge in [-0.25, -0.2) is 0 Å². The van der Waals surface area contributed by atoms with Crippen molar-refractivity contribution in [3.8, 4) is 11.5 Å². The molecule has 0 aromatic heterocycles. The number of aliphatic carboxylic acids is 1. The first-order valence-corrected chi connectivity index (χ1v) is 7.39. The van der Waals surface area contributed by atoms with Crippen molar-refractivity contribution in [3.63, 3.8) is 0 Å². The van der Waals surface area contributed by atoms with E-state index in [4.69, 9.17) is 0 Å². The van der Waals surface area contributed by atoms with Crippen LogP contribution in [-0.2, 0) is 4.79 Å². The number of hydrogen-bond acceptors (Lipinski definition) is 4. The van der Waals surface area contributed by atoms with Gasteiger partial charge in [0, 0.05) is 12.6 Å². The zero-order valence-corrected chi connectivity index (χ0v) is 12.5. The molecule has 2 rings (SSSR count). The van der Waals surface area contributed by atoms with E-state index in [1.807, 2.05) is 18.7 Å². The molecule has 5 heteroatoms. The zero-order valence-electron chi connectivity index (χ0n) is 12.5. The number of phenols is 2. The van der Waals surface area contributed by atoms with Crippen LogP contribution in [0.2, 0.25) is 0 Å². The van der Waals surface area contributed by atoms with Crippen LogP contribution in [0.3, 0.4) is 0 Å². The summed E-state index contributed by atoms with van der Waals surface area (Å²) in [5.74, 6) is -0.667. The molecular weight excluding hydrogens is 270 g/mol. The highest BCUT2D eigenvalue weighted by molar-refractivity contribution is 5.75. The molecule has 2 atom stereocenters. The molecule has 0 radical (unpaired) electrons. The van der Waals surface area contributed by atoms with Crippen LogP contribution >= 0.6 is 0 Å². The molecule has 0 spiro atoms. The van der Waals surface area contributed by atoms with Crippen molar-refractivity contribution in [2.45, 2.75) is 39.2 Å². The lowest BCUT2D eigenvalue weighted by molar-refractivity contribution is -0.153. The summed E-state index contributed by atoms with van der Waals surface area (Å²) in [4.78, 5) is 13.7. The van der Waals surface area contributed by atoms with Gasteiger partial charge in [0.15, 0.2) is 0 Å². The molecule has 0 amide bonds. The molecular formula is C16H23NO4. The number of nitrogens with zero attached hydrogens (tertiary/aromatic N) is 1. The summed E-state index contributed by atoms with van der Waals surface area (Å²) in [6.45, 7) is 5.00. The number of phenolic OH excluding ortho intramolecular Hbond substituents is 2. The van der Waals surface area contributed by atoms with Crippen molar-refractivity contribution >= 4 is 5.97 Å². The Hall–Kier alpha value is -1.75. The fourth-order valence-electron chi connectivity index (χ4n) is 3.26. The van der Waals surface area contributed by atoms with Crippen LogP contribution in [0.25, 0.3) is 0 Å². The van der Waals surface area contributed by atoms with Gasteiger partial charge in [0.2, 0.25) is 0 Å². The van der Waals surface area contributed by atoms with Gasteiger partial charge >= 0.3 is 5.97 Å². The van der Waals surface area contributed by atoms with E-state index in [9.17, 15) is 20.1 Å². The SMILES string of the molecule is CCC1(C(=O)O)CCCN(C(C)c2c(O)cccc2O)C1. The second-order valence-electron chi connectivity index (χ2n) is 5.90. The second kappa shape index (κ2) is 5.93. The fourth-order valence-corrected chi connectivity index (χ4v) is 3.26. The highest BCUT2D eigenvalue weighted by Crippen LogP contribution is 2.41. The van der Waals surface area contributed by atoms with Crippen molar-refractivity contribution in [2.24, 2.45) is 5.41 Å². The van der Waals surface area contributed by atoms with Crippen molar-refractivity contribution in [1.82, 2.24) is 4.90 Å². The number of hydrogen-bond donors (Lipinski definition) is 3. The van der Waals surface area contributed by atoms with Gasteiger partial charge in [-0.05, 0) is 44.9 Å². The van der Waals surface area contributed by atoms with E-state index >= 15 is 0 Å². The summed E-state index contributed by atoms with van der Waals surface area (Å²) < 4.78 is 0. The van der Waals surface area contributed by atoms with Gasteiger partial charge in [0.05, 0.1) is 11.0 Å². The summed E-state index contributed by atoms with van der Waals surface area (Å²) in [5.41, 5.74) is -0.262. The smallest absolute Gasteiger partial charge is 0.310 e. The number of carboxylic acids is 1. The molecule has 1 aromatic carbocycles. The van der Waals surface area contributed by atoms with Gasteiger partial charge in [-0.3, -0.25) is 9.69 Å². The van der Waals surface area contributed by atoms with Crippen LogP contribution in [-0.4, -0.2) is 39.3 Å². The molecule has 2 unspecified atom stereocenters. The van der Waals surface area contributed by atoms with E-state index < -0.39 is 11.4 Å². The molecule has 21 heavy (non-hydrogen) atoms. The lowest BCUT2D eigenvalue weighted by Gasteiger charge is -2.42. The van der Waals surface area contributed by atoms with Crippen LogP contribution < -0.4 is 0 Å². The minimum Gasteiger partial charge on any atom is -0.507 e. The zero-order chi connectivity index (χ0) is 15.6. The molecule has 1 saturated heterocycles. The van der Waals surface area contributed by atoms with Crippen molar-refractivity contribution in [1.29, 1.82) is 0 Å². The van der Waals surface area contributed by atoms with Crippen LogP contribution in [0.15, 0.2) is 18.2 Å². The Labute approximate surface area is 124 Å². The highest BCUT2D eigenvalue weighted by atomic mass is 16.4. The van der Waals surface area contributed by atoms with E-state index in [0.717, 1.165) is 13.0 Å². The molecule has 0 aliphatic carbocycles. The van der Waals surface area contributed by atoms with Gasteiger partial charge in [-0.15, -0.1) is 0 Å². The number of piperidine rings is 1. The van der Waals surface area contributed by atoms with Crippen LogP contribution in [0, 0.1) is 5.41 Å². The molecule has 116 valence electrons. The van der Waals surface area contributed by atoms with Crippen molar-refractivity contribution in [2.75, 3.05) is 13.1 Å². The molecule has 1 aromatic rings. The molecule has 1 heterocycles. The number of carbonyl (C=O) groups is 1. The van der Waals surface area contributed by atoms with Crippen molar-refractivity contribution < 1.29 is 20.1 Å². The average Bonchev–Trinajstić information content (AvgIpc) is 2.46. The summed E-state index contributed by atoms with van der Waals surface area (Å²) in [7, 11) is 0. The number of rotatable bonds is 4. The third-order valence-corrected chi connectivity index (χ3v) is 4.76. The number of aromatic hydroxyl groups is 2. The van der Waals surface area contributed by atoms with Crippen LogP contribution in [0.4, 0.5) is 0 Å². The Bertz CT molecular complexity index is 511. The lowest BCUT2D eigenvalue weighted by Crippen LogP contribution is -2.48. The maximum atomic E-state index is 11.6. The molecule has 1 fully saturated rings. The van der Waals surface area contributed by atoms with E-state index in [-0.39, 0.29) is 17.5 Å². The molecule has 1 aliphatic heterocycles. The van der Waals surface area contributed by atoms with Gasteiger partial charge < -0.3 is 15.3 Å².